The van der Waals surface area contributed by atoms with Crippen molar-refractivity contribution in [3.63, 3.8) is 0 Å². The van der Waals surface area contributed by atoms with Crippen LogP contribution in [0.2, 0.25) is 0 Å². The van der Waals surface area contributed by atoms with Gasteiger partial charge in [0.1, 0.15) is 10.7 Å². The molecule has 0 aliphatic rings. The van der Waals surface area contributed by atoms with Gasteiger partial charge in [0.05, 0.1) is 10.9 Å². The predicted molar refractivity (Wildman–Crippen MR) is 55.8 cm³/mol. The number of aromatic amines is 1. The van der Waals surface area contributed by atoms with E-state index in [-0.39, 0.29) is 5.39 Å². The van der Waals surface area contributed by atoms with Gasteiger partial charge >= 0.3 is 0 Å². The minimum atomic E-state index is -4.42. The largest absolute Gasteiger partial charge is 0.359 e. The van der Waals surface area contributed by atoms with E-state index in [1.54, 1.807) is 0 Å². The van der Waals surface area contributed by atoms with Crippen molar-refractivity contribution in [1.29, 1.82) is 0 Å². The number of halogens is 2. The van der Waals surface area contributed by atoms with Crippen LogP contribution in [0.25, 0.3) is 10.9 Å². The molecule has 0 fully saturated rings. The highest BCUT2D eigenvalue weighted by atomic mass is 79.9. The number of rotatable bonds is 1. The SMILES string of the molecule is O=S(=O)(O)c1c[nH]c2c(Br)ccc(F)c12. The lowest BCUT2D eigenvalue weighted by molar-refractivity contribution is 0.483. The number of nitrogens with one attached hydrogen (secondary N) is 1. The Morgan fingerprint density at radius 3 is 2.67 bits per heavy atom. The van der Waals surface area contributed by atoms with Crippen LogP contribution in [0.1, 0.15) is 0 Å². The van der Waals surface area contributed by atoms with E-state index in [4.69, 9.17) is 4.55 Å². The predicted octanol–water partition coefficient (Wildman–Crippen LogP) is 2.32. The van der Waals surface area contributed by atoms with E-state index in [9.17, 15) is 12.8 Å². The first-order valence-corrected chi connectivity index (χ1v) is 6.07. The van der Waals surface area contributed by atoms with Crippen molar-refractivity contribution in [2.45, 2.75) is 4.90 Å². The highest BCUT2D eigenvalue weighted by molar-refractivity contribution is 9.10. The molecular formula is C8H5BrFNO3S. The van der Waals surface area contributed by atoms with E-state index < -0.39 is 20.8 Å². The first-order chi connectivity index (χ1) is 6.91. The van der Waals surface area contributed by atoms with E-state index >= 15 is 0 Å². The number of aromatic nitrogens is 1. The summed E-state index contributed by atoms with van der Waals surface area (Å²) in [5.74, 6) is -0.706. The van der Waals surface area contributed by atoms with Crippen LogP contribution in [0.3, 0.4) is 0 Å². The van der Waals surface area contributed by atoms with Gasteiger partial charge in [-0.15, -0.1) is 0 Å². The summed E-state index contributed by atoms with van der Waals surface area (Å²) in [5.41, 5.74) is 0.294. The second-order valence-corrected chi connectivity index (χ2v) is 5.15. The lowest BCUT2D eigenvalue weighted by Crippen LogP contribution is -1.97. The third-order valence-corrected chi connectivity index (χ3v) is 3.51. The smallest absolute Gasteiger partial charge is 0.296 e. The molecule has 1 heterocycles. The number of fused-ring (bicyclic) bond motifs is 1. The van der Waals surface area contributed by atoms with Crippen LogP contribution in [0, 0.1) is 5.82 Å². The van der Waals surface area contributed by atoms with Crippen molar-refractivity contribution in [1.82, 2.24) is 4.98 Å². The van der Waals surface area contributed by atoms with Crippen LogP contribution in [-0.4, -0.2) is 18.0 Å². The van der Waals surface area contributed by atoms with Crippen molar-refractivity contribution in [2.24, 2.45) is 0 Å². The highest BCUT2D eigenvalue weighted by Crippen LogP contribution is 2.30. The molecule has 7 heteroatoms. The maximum absolute atomic E-state index is 13.4. The van der Waals surface area contributed by atoms with Crippen molar-refractivity contribution < 1.29 is 17.4 Å². The minimum absolute atomic E-state index is 0.146. The summed E-state index contributed by atoms with van der Waals surface area (Å²) in [4.78, 5) is 2.12. The van der Waals surface area contributed by atoms with E-state index in [1.807, 2.05) is 0 Å². The van der Waals surface area contributed by atoms with Gasteiger partial charge in [0, 0.05) is 10.7 Å². The van der Waals surface area contributed by atoms with E-state index in [1.165, 1.54) is 6.07 Å². The summed E-state index contributed by atoms with van der Waals surface area (Å²) in [6.07, 6.45) is 1.05. The Morgan fingerprint density at radius 2 is 2.07 bits per heavy atom. The Labute approximate surface area is 93.0 Å². The fourth-order valence-corrected chi connectivity index (χ4v) is 2.46. The van der Waals surface area contributed by atoms with Gasteiger partial charge in [0.2, 0.25) is 0 Å². The first kappa shape index (κ1) is 10.6. The molecule has 1 aromatic carbocycles. The molecule has 2 N–H and O–H groups in total. The Balaban J connectivity index is 2.98. The molecule has 4 nitrogen and oxygen atoms in total. The molecule has 0 saturated carbocycles. The Morgan fingerprint density at radius 1 is 1.40 bits per heavy atom. The van der Waals surface area contributed by atoms with Crippen LogP contribution in [0.15, 0.2) is 27.7 Å². The molecule has 2 rings (SSSR count). The molecular weight excluding hydrogens is 289 g/mol. The molecule has 0 aliphatic carbocycles. The molecule has 1 aromatic heterocycles. The molecule has 0 amide bonds. The summed E-state index contributed by atoms with van der Waals surface area (Å²) < 4.78 is 44.6. The summed E-state index contributed by atoms with van der Waals surface area (Å²) >= 11 is 3.14. The van der Waals surface area contributed by atoms with Crippen LogP contribution in [0.4, 0.5) is 4.39 Å². The highest BCUT2D eigenvalue weighted by Gasteiger charge is 2.19. The van der Waals surface area contributed by atoms with Gasteiger partial charge in [0.15, 0.2) is 0 Å². The normalized spacial score (nSPS) is 12.2. The number of H-pyrrole nitrogens is 1. The van der Waals surface area contributed by atoms with Crippen LogP contribution >= 0.6 is 15.9 Å². The summed E-state index contributed by atoms with van der Waals surface area (Å²) in [6, 6.07) is 2.57. The van der Waals surface area contributed by atoms with Gasteiger partial charge < -0.3 is 4.98 Å². The Kier molecular flexibility index (Phi) is 2.32. The van der Waals surface area contributed by atoms with E-state index in [0.29, 0.717) is 9.99 Å². The first-order valence-electron chi connectivity index (χ1n) is 3.84. The van der Waals surface area contributed by atoms with Crippen molar-refractivity contribution in [3.8, 4) is 0 Å². The van der Waals surface area contributed by atoms with Gasteiger partial charge in [-0.2, -0.15) is 8.42 Å². The minimum Gasteiger partial charge on any atom is -0.359 e. The second-order valence-electron chi connectivity index (χ2n) is 2.91. The zero-order chi connectivity index (χ0) is 11.2. The fraction of sp³-hybridized carbons (Fsp3) is 0. The second kappa shape index (κ2) is 3.29. The fourth-order valence-electron chi connectivity index (χ4n) is 1.35. The van der Waals surface area contributed by atoms with E-state index in [2.05, 4.69) is 20.9 Å². The molecule has 2 aromatic rings. The topological polar surface area (TPSA) is 70.2 Å². The standard InChI is InChI=1S/C8H5BrFNO3S/c9-4-1-2-5(10)7-6(15(12,13)14)3-11-8(4)7/h1-3,11H,(H,12,13,14). The summed E-state index contributed by atoms with van der Waals surface area (Å²) in [7, 11) is -4.42. The van der Waals surface area contributed by atoms with Gasteiger partial charge in [-0.3, -0.25) is 4.55 Å². The third kappa shape index (κ3) is 1.66. The molecule has 0 atom stereocenters. The van der Waals surface area contributed by atoms with Gasteiger partial charge in [-0.25, -0.2) is 4.39 Å². The molecule has 0 bridgehead atoms. The Hall–Kier alpha value is -0.920. The Bertz CT molecular complexity index is 635. The molecule has 80 valence electrons. The molecule has 0 aliphatic heterocycles. The average molecular weight is 294 g/mol. The van der Waals surface area contributed by atoms with Crippen molar-refractivity contribution in [2.75, 3.05) is 0 Å². The van der Waals surface area contributed by atoms with Gasteiger partial charge in [-0.05, 0) is 28.1 Å². The average Bonchev–Trinajstić information content (AvgIpc) is 2.55. The van der Waals surface area contributed by atoms with Gasteiger partial charge in [0.25, 0.3) is 10.1 Å². The van der Waals surface area contributed by atoms with Crippen LogP contribution in [-0.2, 0) is 10.1 Å². The summed E-state index contributed by atoms with van der Waals surface area (Å²) in [5, 5.41) is -0.146. The number of hydrogen-bond donors (Lipinski definition) is 2. The van der Waals surface area contributed by atoms with Crippen LogP contribution in [0.5, 0.6) is 0 Å². The third-order valence-electron chi connectivity index (χ3n) is 1.98. The van der Waals surface area contributed by atoms with Crippen LogP contribution < -0.4 is 0 Å². The van der Waals surface area contributed by atoms with Crippen molar-refractivity contribution in [3.05, 3.63) is 28.6 Å². The monoisotopic (exact) mass is 293 g/mol. The van der Waals surface area contributed by atoms with Gasteiger partial charge in [-0.1, -0.05) is 0 Å². The number of hydrogen-bond acceptors (Lipinski definition) is 2. The number of benzene rings is 1. The summed E-state index contributed by atoms with van der Waals surface area (Å²) in [6.45, 7) is 0. The quantitative estimate of drug-likeness (QED) is 0.793. The zero-order valence-corrected chi connectivity index (χ0v) is 9.56. The molecule has 0 unspecified atom stereocenters. The molecule has 0 radical (unpaired) electrons. The maximum Gasteiger partial charge on any atom is 0.296 e. The molecule has 0 spiro atoms. The maximum atomic E-state index is 13.4. The lowest BCUT2D eigenvalue weighted by atomic mass is 10.2. The zero-order valence-electron chi connectivity index (χ0n) is 7.16. The van der Waals surface area contributed by atoms with Crippen molar-refractivity contribution >= 4 is 37.0 Å². The molecule has 0 saturated heterocycles. The van der Waals surface area contributed by atoms with E-state index in [0.717, 1.165) is 12.3 Å². The lowest BCUT2D eigenvalue weighted by Gasteiger charge is -1.97. The molecule has 15 heavy (non-hydrogen) atoms.